The molecule has 1 atom stereocenters. The van der Waals surface area contributed by atoms with Crippen LogP contribution < -0.4 is 0 Å². The minimum atomic E-state index is 0.184. The van der Waals surface area contributed by atoms with E-state index >= 15 is 0 Å². The average molecular weight is 335 g/mol. The van der Waals surface area contributed by atoms with Gasteiger partial charge in [-0.3, -0.25) is 4.57 Å². The van der Waals surface area contributed by atoms with Gasteiger partial charge in [0.2, 0.25) is 0 Å². The van der Waals surface area contributed by atoms with Gasteiger partial charge in [-0.1, -0.05) is 23.4 Å². The molecular weight excluding hydrogens is 320 g/mol. The number of benzene rings is 1. The monoisotopic (exact) mass is 334 g/mol. The lowest BCUT2D eigenvalue weighted by Crippen LogP contribution is -2.16. The first kappa shape index (κ1) is 15.3. The Labute approximate surface area is 138 Å². The van der Waals surface area contributed by atoms with E-state index in [1.165, 1.54) is 11.8 Å². The van der Waals surface area contributed by atoms with Gasteiger partial charge in [-0.05, 0) is 37.1 Å². The van der Waals surface area contributed by atoms with Gasteiger partial charge in [0.1, 0.15) is 0 Å². The highest BCUT2D eigenvalue weighted by Gasteiger charge is 2.21. The van der Waals surface area contributed by atoms with Crippen molar-refractivity contribution >= 4 is 23.4 Å². The largest absolute Gasteiger partial charge is 0.376 e. The molecule has 1 aromatic heterocycles. The van der Waals surface area contributed by atoms with Crippen molar-refractivity contribution < 1.29 is 4.74 Å². The zero-order chi connectivity index (χ0) is 15.4. The van der Waals surface area contributed by atoms with Crippen molar-refractivity contribution in [2.45, 2.75) is 30.6 Å². The molecule has 1 aromatic carbocycles. The lowest BCUT2D eigenvalue weighted by Gasteiger charge is -2.14. The lowest BCUT2D eigenvalue weighted by molar-refractivity contribution is 0.0953. The first-order chi connectivity index (χ1) is 10.8. The highest BCUT2D eigenvalue weighted by Crippen LogP contribution is 2.27. The molecule has 2 heterocycles. The predicted octanol–water partition coefficient (Wildman–Crippen LogP) is 3.39. The van der Waals surface area contributed by atoms with E-state index in [1.54, 1.807) is 0 Å². The van der Waals surface area contributed by atoms with Gasteiger partial charge in [0, 0.05) is 17.2 Å². The normalized spacial score (nSPS) is 17.5. The maximum Gasteiger partial charge on any atom is 0.192 e. The van der Waals surface area contributed by atoms with Gasteiger partial charge in [-0.2, -0.15) is 5.26 Å². The third-order valence-corrected chi connectivity index (χ3v) is 4.58. The second kappa shape index (κ2) is 7.14. The Kier molecular flexibility index (Phi) is 4.98. The third kappa shape index (κ3) is 3.43. The number of ether oxygens (including phenoxy) is 1. The molecule has 22 heavy (non-hydrogen) atoms. The number of nitriles is 1. The number of aromatic nitrogens is 3. The summed E-state index contributed by atoms with van der Waals surface area (Å²) in [5, 5.41) is 18.8. The molecule has 2 aromatic rings. The van der Waals surface area contributed by atoms with Crippen LogP contribution in [-0.2, 0) is 11.3 Å². The Bertz CT molecular complexity index is 674. The number of halogens is 1. The summed E-state index contributed by atoms with van der Waals surface area (Å²) < 4.78 is 7.77. The van der Waals surface area contributed by atoms with E-state index in [2.05, 4.69) is 16.3 Å². The van der Waals surface area contributed by atoms with Crippen LogP contribution in [0.4, 0.5) is 0 Å². The van der Waals surface area contributed by atoms with Gasteiger partial charge in [-0.25, -0.2) is 0 Å². The summed E-state index contributed by atoms with van der Waals surface area (Å²) in [7, 11) is 0. The highest BCUT2D eigenvalue weighted by atomic mass is 35.5. The molecule has 0 aliphatic carbocycles. The predicted molar refractivity (Wildman–Crippen MR) is 85.8 cm³/mol. The third-order valence-electron chi connectivity index (χ3n) is 3.50. The van der Waals surface area contributed by atoms with Gasteiger partial charge in [0.25, 0.3) is 0 Å². The molecule has 0 spiro atoms. The topological polar surface area (TPSA) is 63.7 Å². The number of hydrogen-bond acceptors (Lipinski definition) is 5. The van der Waals surface area contributed by atoms with E-state index in [1.807, 2.05) is 28.8 Å². The summed E-state index contributed by atoms with van der Waals surface area (Å²) in [4.78, 5) is 0. The van der Waals surface area contributed by atoms with Crippen LogP contribution in [0.1, 0.15) is 12.8 Å². The van der Waals surface area contributed by atoms with Crippen molar-refractivity contribution in [3.05, 3.63) is 29.3 Å². The van der Waals surface area contributed by atoms with Crippen LogP contribution in [0.5, 0.6) is 0 Å². The summed E-state index contributed by atoms with van der Waals surface area (Å²) in [6.45, 7) is 1.52. The van der Waals surface area contributed by atoms with Crippen molar-refractivity contribution in [1.29, 1.82) is 5.26 Å². The maximum absolute atomic E-state index is 8.79. The van der Waals surface area contributed by atoms with E-state index in [4.69, 9.17) is 21.6 Å². The molecule has 1 fully saturated rings. The molecule has 0 amide bonds. The lowest BCUT2D eigenvalue weighted by atomic mass is 10.2. The summed E-state index contributed by atoms with van der Waals surface area (Å²) in [6, 6.07) is 9.66. The Balaban J connectivity index is 1.92. The van der Waals surface area contributed by atoms with E-state index in [9.17, 15) is 0 Å². The second-order valence-electron chi connectivity index (χ2n) is 5.01. The van der Waals surface area contributed by atoms with Crippen LogP contribution in [0.25, 0.3) is 11.4 Å². The Morgan fingerprint density at radius 2 is 2.18 bits per heavy atom. The van der Waals surface area contributed by atoms with Crippen LogP contribution in [-0.4, -0.2) is 33.2 Å². The number of hydrogen-bond donors (Lipinski definition) is 0. The Morgan fingerprint density at radius 3 is 2.86 bits per heavy atom. The minimum absolute atomic E-state index is 0.184. The van der Waals surface area contributed by atoms with E-state index < -0.39 is 0 Å². The fraction of sp³-hybridized carbons (Fsp3) is 0.400. The summed E-state index contributed by atoms with van der Waals surface area (Å²) in [5.74, 6) is 1.14. The molecular formula is C15H15ClN4OS. The average Bonchev–Trinajstić information content (AvgIpc) is 3.17. The number of nitrogens with zero attached hydrogens (tertiary/aromatic N) is 4. The van der Waals surface area contributed by atoms with Crippen LogP contribution >= 0.6 is 23.4 Å². The molecule has 0 N–H and O–H groups in total. The fourth-order valence-corrected chi connectivity index (χ4v) is 3.20. The van der Waals surface area contributed by atoms with Gasteiger partial charge in [0.05, 0.1) is 24.5 Å². The van der Waals surface area contributed by atoms with Crippen LogP contribution in [0.15, 0.2) is 29.4 Å². The first-order valence-corrected chi connectivity index (χ1v) is 8.45. The Hall–Kier alpha value is -1.55. The van der Waals surface area contributed by atoms with Crippen LogP contribution in [0.3, 0.4) is 0 Å². The molecule has 1 saturated heterocycles. The molecule has 1 aliphatic rings. The SMILES string of the molecule is N#CCSc1nnc(-c2ccc(Cl)cc2)n1C[C@@H]1CCCO1. The van der Waals surface area contributed by atoms with Gasteiger partial charge in [0.15, 0.2) is 11.0 Å². The Morgan fingerprint density at radius 1 is 1.36 bits per heavy atom. The zero-order valence-corrected chi connectivity index (χ0v) is 13.5. The van der Waals surface area contributed by atoms with E-state index in [0.29, 0.717) is 17.3 Å². The fourth-order valence-electron chi connectivity index (χ4n) is 2.46. The summed E-state index contributed by atoms with van der Waals surface area (Å²) in [6.07, 6.45) is 2.31. The van der Waals surface area contributed by atoms with E-state index in [-0.39, 0.29) is 6.10 Å². The molecule has 0 saturated carbocycles. The maximum atomic E-state index is 8.79. The van der Waals surface area contributed by atoms with Crippen molar-refractivity contribution in [3.8, 4) is 17.5 Å². The van der Waals surface area contributed by atoms with Gasteiger partial charge < -0.3 is 4.74 Å². The zero-order valence-electron chi connectivity index (χ0n) is 11.9. The van der Waals surface area contributed by atoms with Crippen molar-refractivity contribution in [1.82, 2.24) is 14.8 Å². The number of thioether (sulfide) groups is 1. The summed E-state index contributed by atoms with van der Waals surface area (Å²) in [5.41, 5.74) is 0.957. The van der Waals surface area contributed by atoms with Crippen molar-refractivity contribution in [2.24, 2.45) is 0 Å². The molecule has 0 bridgehead atoms. The van der Waals surface area contributed by atoms with Crippen molar-refractivity contribution in [2.75, 3.05) is 12.4 Å². The molecule has 114 valence electrons. The van der Waals surface area contributed by atoms with Gasteiger partial charge in [-0.15, -0.1) is 10.2 Å². The molecule has 5 nitrogen and oxygen atoms in total. The summed E-state index contributed by atoms with van der Waals surface area (Å²) >= 11 is 7.34. The van der Waals surface area contributed by atoms with Gasteiger partial charge >= 0.3 is 0 Å². The smallest absolute Gasteiger partial charge is 0.192 e. The highest BCUT2D eigenvalue weighted by molar-refractivity contribution is 7.99. The second-order valence-corrected chi connectivity index (χ2v) is 6.38. The molecule has 1 aliphatic heterocycles. The number of rotatable bonds is 5. The molecule has 0 radical (unpaired) electrons. The molecule has 0 unspecified atom stereocenters. The molecule has 7 heteroatoms. The first-order valence-electron chi connectivity index (χ1n) is 7.08. The van der Waals surface area contributed by atoms with Crippen LogP contribution in [0, 0.1) is 11.3 Å². The van der Waals surface area contributed by atoms with Crippen LogP contribution in [0.2, 0.25) is 5.02 Å². The van der Waals surface area contributed by atoms with E-state index in [0.717, 1.165) is 36.0 Å². The quantitative estimate of drug-likeness (QED) is 0.784. The molecule has 3 rings (SSSR count). The minimum Gasteiger partial charge on any atom is -0.376 e. The van der Waals surface area contributed by atoms with Crippen molar-refractivity contribution in [3.63, 3.8) is 0 Å². The standard InChI is InChI=1S/C15H15ClN4OS/c16-12-5-3-11(4-6-12)14-18-19-15(22-9-7-17)20(14)10-13-2-1-8-21-13/h3-6,13H,1-2,8-10H2/t13-/m0/s1.